The number of nitrogens with one attached hydrogen (secondary N) is 4. The second-order valence-corrected chi connectivity index (χ2v) is 9.34. The summed E-state index contributed by atoms with van der Waals surface area (Å²) in [6.07, 6.45) is 6.22. The van der Waals surface area contributed by atoms with Crippen LogP contribution in [0.2, 0.25) is 0 Å². The van der Waals surface area contributed by atoms with E-state index in [4.69, 9.17) is 21.7 Å². The van der Waals surface area contributed by atoms with Crippen molar-refractivity contribution in [1.82, 2.24) is 10.3 Å². The van der Waals surface area contributed by atoms with Gasteiger partial charge in [-0.05, 0) is 56.3 Å². The van der Waals surface area contributed by atoms with E-state index in [1.807, 2.05) is 25.2 Å². The molecule has 1 atom stereocenters. The number of hydrogen-bond acceptors (Lipinski definition) is 9. The van der Waals surface area contributed by atoms with E-state index >= 15 is 0 Å². The van der Waals surface area contributed by atoms with Gasteiger partial charge in [-0.15, -0.1) is 0 Å². The molecular weight excluding hydrogens is 494 g/mol. The molecular formula is C28H39N9O2. The Morgan fingerprint density at radius 3 is 2.69 bits per heavy atom. The number of ether oxygens (including phenoxy) is 1. The van der Waals surface area contributed by atoms with Gasteiger partial charge in [-0.2, -0.15) is 0 Å². The molecule has 3 rings (SSSR count). The van der Waals surface area contributed by atoms with Gasteiger partial charge in [0, 0.05) is 62.0 Å². The summed E-state index contributed by atoms with van der Waals surface area (Å²) in [5.41, 5.74) is 13.4. The van der Waals surface area contributed by atoms with Crippen molar-refractivity contribution in [2.45, 2.75) is 18.9 Å². The molecule has 39 heavy (non-hydrogen) atoms. The molecule has 2 aromatic carbocycles. The number of likely N-dealkylation sites (tertiary alicyclic amines) is 1. The third kappa shape index (κ3) is 7.15. The molecule has 0 aliphatic carbocycles. The number of piperidine rings is 1. The van der Waals surface area contributed by atoms with Crippen LogP contribution in [-0.2, 0) is 4.79 Å². The van der Waals surface area contributed by atoms with Crippen molar-refractivity contribution in [2.75, 3.05) is 56.9 Å². The van der Waals surface area contributed by atoms with Crippen molar-refractivity contribution < 1.29 is 9.53 Å². The molecule has 0 spiro atoms. The van der Waals surface area contributed by atoms with Gasteiger partial charge in [-0.25, -0.2) is 10.8 Å². The van der Waals surface area contributed by atoms with E-state index in [1.165, 1.54) is 12.3 Å². The van der Waals surface area contributed by atoms with E-state index in [9.17, 15) is 4.79 Å². The van der Waals surface area contributed by atoms with Crippen LogP contribution >= 0.6 is 0 Å². The predicted octanol–water partition coefficient (Wildman–Crippen LogP) is 2.88. The van der Waals surface area contributed by atoms with E-state index in [0.717, 1.165) is 37.3 Å². The van der Waals surface area contributed by atoms with Crippen LogP contribution in [0.1, 0.15) is 24.0 Å². The number of aliphatic imine (C=N–C) groups is 1. The molecule has 0 aromatic heterocycles. The fourth-order valence-electron chi connectivity index (χ4n) is 4.59. The van der Waals surface area contributed by atoms with Crippen LogP contribution in [0.25, 0.3) is 5.70 Å². The maximum Gasteiger partial charge on any atom is 0.247 e. The van der Waals surface area contributed by atoms with Crippen LogP contribution < -0.4 is 37.3 Å². The molecule has 1 heterocycles. The van der Waals surface area contributed by atoms with Gasteiger partial charge in [0.05, 0.1) is 18.5 Å². The summed E-state index contributed by atoms with van der Waals surface area (Å²) in [5, 5.41) is 13.6. The van der Waals surface area contributed by atoms with Gasteiger partial charge in [0.1, 0.15) is 17.3 Å². The summed E-state index contributed by atoms with van der Waals surface area (Å²) >= 11 is 0. The first-order valence-electron chi connectivity index (χ1n) is 12.7. The Hall–Kier alpha value is -4.35. The van der Waals surface area contributed by atoms with Gasteiger partial charge in [-0.1, -0.05) is 12.6 Å². The number of anilines is 3. The van der Waals surface area contributed by atoms with Crippen LogP contribution in [0.15, 0.2) is 54.1 Å². The Kier molecular flexibility index (Phi) is 10.1. The normalized spacial score (nSPS) is 16.3. The molecule has 1 amide bonds. The lowest BCUT2D eigenvalue weighted by Gasteiger charge is -2.38. The molecule has 2 aromatic rings. The zero-order valence-corrected chi connectivity index (χ0v) is 23.0. The summed E-state index contributed by atoms with van der Waals surface area (Å²) in [5.74, 6) is 6.25. The second kappa shape index (κ2) is 13.4. The summed E-state index contributed by atoms with van der Waals surface area (Å²) in [4.78, 5) is 21.4. The molecule has 1 aliphatic heterocycles. The minimum atomic E-state index is -0.334. The van der Waals surface area contributed by atoms with Crippen molar-refractivity contribution in [3.05, 3.63) is 60.2 Å². The van der Waals surface area contributed by atoms with Crippen LogP contribution in [-0.4, -0.2) is 70.2 Å². The van der Waals surface area contributed by atoms with Crippen molar-refractivity contribution in [2.24, 2.45) is 16.6 Å². The van der Waals surface area contributed by atoms with E-state index in [-0.39, 0.29) is 17.8 Å². The van der Waals surface area contributed by atoms with Gasteiger partial charge < -0.3 is 41.7 Å². The monoisotopic (exact) mass is 533 g/mol. The molecule has 8 N–H and O–H groups in total. The Morgan fingerprint density at radius 2 is 2.08 bits per heavy atom. The molecule has 11 heteroatoms. The SMILES string of the molecule is C=CC(=O)Nc1cc(N=C(C=C(N)c2ccc(NC)c(C=N)c2)NN)c(OC)cc1N(C)C1CCCN(C)C1. The highest BCUT2D eigenvalue weighted by atomic mass is 16.5. The maximum atomic E-state index is 12.3. The maximum absolute atomic E-state index is 12.3. The molecule has 0 radical (unpaired) electrons. The van der Waals surface area contributed by atoms with Crippen LogP contribution in [0.5, 0.6) is 5.75 Å². The Morgan fingerprint density at radius 1 is 1.31 bits per heavy atom. The number of methoxy groups -OCH3 is 1. The quantitative estimate of drug-likeness (QED) is 0.0895. The molecule has 1 fully saturated rings. The highest BCUT2D eigenvalue weighted by Gasteiger charge is 2.24. The molecule has 0 saturated carbocycles. The van der Waals surface area contributed by atoms with Crippen molar-refractivity contribution in [3.63, 3.8) is 0 Å². The smallest absolute Gasteiger partial charge is 0.247 e. The Bertz CT molecular complexity index is 1270. The number of benzene rings is 2. The van der Waals surface area contributed by atoms with Crippen LogP contribution in [0, 0.1) is 5.41 Å². The van der Waals surface area contributed by atoms with E-state index < -0.39 is 0 Å². The minimum Gasteiger partial charge on any atom is -0.494 e. The number of amides is 1. The average Bonchev–Trinajstić information content (AvgIpc) is 2.95. The first-order chi connectivity index (χ1) is 18.7. The standard InChI is InChI=1S/C28H39N9O2/c1-6-28(38)34-23-14-24(26(39-5)15-25(23)37(4)20-8-7-11-36(3)17-20)33-27(35-31)13-21(30)18-9-10-22(32-2)19(12-18)16-29/h6,9-10,12-16,20,29,32H,1,7-8,11,17,30-31H2,2-5H3,(H,33,35)(H,34,38). The zero-order valence-electron chi connectivity index (χ0n) is 23.0. The highest BCUT2D eigenvalue weighted by Crippen LogP contribution is 2.40. The lowest BCUT2D eigenvalue weighted by Crippen LogP contribution is -2.45. The first-order valence-corrected chi connectivity index (χ1v) is 12.7. The average molecular weight is 534 g/mol. The van der Waals surface area contributed by atoms with Crippen molar-refractivity contribution in [3.8, 4) is 5.75 Å². The summed E-state index contributed by atoms with van der Waals surface area (Å²) < 4.78 is 5.69. The third-order valence-corrected chi connectivity index (χ3v) is 6.76. The lowest BCUT2D eigenvalue weighted by atomic mass is 10.0. The van der Waals surface area contributed by atoms with Crippen molar-refractivity contribution >= 4 is 46.4 Å². The molecule has 1 aliphatic rings. The van der Waals surface area contributed by atoms with Gasteiger partial charge in [0.2, 0.25) is 5.91 Å². The van der Waals surface area contributed by atoms with Gasteiger partial charge in [0.25, 0.3) is 0 Å². The number of nitrogens with two attached hydrogens (primary N) is 2. The molecule has 1 saturated heterocycles. The molecule has 1 unspecified atom stereocenters. The number of rotatable bonds is 10. The van der Waals surface area contributed by atoms with Gasteiger partial charge in [-0.3, -0.25) is 4.79 Å². The van der Waals surface area contributed by atoms with Crippen LogP contribution in [0.3, 0.4) is 0 Å². The number of amidine groups is 1. The number of hydrogen-bond donors (Lipinski definition) is 6. The molecule has 208 valence electrons. The molecule has 0 bridgehead atoms. The van der Waals surface area contributed by atoms with Crippen LogP contribution in [0.4, 0.5) is 22.7 Å². The van der Waals surface area contributed by atoms with E-state index in [2.05, 4.69) is 44.5 Å². The number of likely N-dealkylation sites (N-methyl/N-ethyl adjacent to an activating group) is 2. The first kappa shape index (κ1) is 29.2. The number of nitrogens with zero attached hydrogens (tertiary/aromatic N) is 3. The summed E-state index contributed by atoms with van der Waals surface area (Å²) in [6.45, 7) is 5.56. The minimum absolute atomic E-state index is 0.270. The Labute approximate surface area is 230 Å². The zero-order chi connectivity index (χ0) is 28.5. The van der Waals surface area contributed by atoms with Gasteiger partial charge in [0.15, 0.2) is 0 Å². The summed E-state index contributed by atoms with van der Waals surface area (Å²) in [6, 6.07) is 9.37. The number of carbonyl (C=O) groups excluding carboxylic acids is 1. The fourth-order valence-corrected chi connectivity index (χ4v) is 4.59. The molecule has 11 nitrogen and oxygen atoms in total. The second-order valence-electron chi connectivity index (χ2n) is 9.34. The Balaban J connectivity index is 2.05. The third-order valence-electron chi connectivity index (χ3n) is 6.76. The predicted molar refractivity (Wildman–Crippen MR) is 161 cm³/mol. The topological polar surface area (TPSA) is 157 Å². The number of carbonyl (C=O) groups is 1. The number of hydrazine groups is 1. The lowest BCUT2D eigenvalue weighted by molar-refractivity contribution is -0.111. The fraction of sp³-hybridized carbons (Fsp3) is 0.321. The largest absolute Gasteiger partial charge is 0.494 e. The van der Waals surface area contributed by atoms with Gasteiger partial charge >= 0.3 is 0 Å². The van der Waals surface area contributed by atoms with Crippen molar-refractivity contribution in [1.29, 1.82) is 5.41 Å². The summed E-state index contributed by atoms with van der Waals surface area (Å²) in [7, 11) is 7.49. The van der Waals surface area contributed by atoms with E-state index in [1.54, 1.807) is 32.4 Å². The van der Waals surface area contributed by atoms with E-state index in [0.29, 0.717) is 33.9 Å². The highest BCUT2D eigenvalue weighted by molar-refractivity contribution is 6.03.